The lowest BCUT2D eigenvalue weighted by Crippen LogP contribution is -2.38. The van der Waals surface area contributed by atoms with Gasteiger partial charge in [-0.1, -0.05) is 11.2 Å². The molecular formula is C17H18N4O2. The third kappa shape index (κ3) is 2.13. The highest BCUT2D eigenvalue weighted by Crippen LogP contribution is 2.36. The van der Waals surface area contributed by atoms with Gasteiger partial charge in [0, 0.05) is 43.3 Å². The summed E-state index contributed by atoms with van der Waals surface area (Å²) in [6, 6.07) is 7.17. The van der Waals surface area contributed by atoms with Crippen molar-refractivity contribution in [3.63, 3.8) is 0 Å². The van der Waals surface area contributed by atoms with Crippen molar-refractivity contribution in [3.8, 4) is 22.6 Å². The number of nitrogens with zero attached hydrogens (tertiary/aromatic N) is 4. The zero-order valence-corrected chi connectivity index (χ0v) is 12.8. The van der Waals surface area contributed by atoms with Crippen LogP contribution in [0.25, 0.3) is 22.6 Å². The lowest BCUT2D eigenvalue weighted by atomic mass is 10.1. The zero-order valence-electron chi connectivity index (χ0n) is 12.8. The molecule has 6 heteroatoms. The molecule has 0 spiro atoms. The Hall–Kier alpha value is -2.34. The Bertz CT molecular complexity index is 787. The Morgan fingerprint density at radius 3 is 2.78 bits per heavy atom. The molecule has 23 heavy (non-hydrogen) atoms. The molecular weight excluding hydrogens is 292 g/mol. The van der Waals surface area contributed by atoms with Crippen LogP contribution in [0.2, 0.25) is 0 Å². The van der Waals surface area contributed by atoms with Crippen LogP contribution in [-0.2, 0) is 0 Å². The molecule has 2 bridgehead atoms. The maximum atomic E-state index is 6.03. The first-order valence-corrected chi connectivity index (χ1v) is 8.16. The molecule has 0 aromatic carbocycles. The van der Waals surface area contributed by atoms with Crippen LogP contribution in [0.1, 0.15) is 12.8 Å². The fraction of sp³-hybridized carbons (Fsp3) is 0.412. The first-order valence-electron chi connectivity index (χ1n) is 8.16. The number of piperidine rings is 1. The van der Waals surface area contributed by atoms with Crippen LogP contribution in [0.5, 0.6) is 0 Å². The molecule has 1 aromatic heterocycles. The summed E-state index contributed by atoms with van der Waals surface area (Å²) < 4.78 is 11.3. The average molecular weight is 310 g/mol. The van der Waals surface area contributed by atoms with E-state index in [9.17, 15) is 0 Å². The van der Waals surface area contributed by atoms with Gasteiger partial charge >= 0.3 is 6.01 Å². The third-order valence-corrected chi connectivity index (χ3v) is 5.09. The normalized spacial score (nSPS) is 24.3. The minimum Gasteiger partial charge on any atom is -0.472 e. The van der Waals surface area contributed by atoms with Gasteiger partial charge in [0.15, 0.2) is 0 Å². The summed E-state index contributed by atoms with van der Waals surface area (Å²) in [5.74, 6) is 0.565. The number of hydrogen-bond donors (Lipinski definition) is 0. The second-order valence-corrected chi connectivity index (χ2v) is 6.33. The van der Waals surface area contributed by atoms with E-state index in [1.807, 2.05) is 18.2 Å². The molecule has 5 aliphatic rings. The minimum absolute atomic E-state index is 0.522. The lowest BCUT2D eigenvalue weighted by Gasteiger charge is -2.29. The van der Waals surface area contributed by atoms with Crippen molar-refractivity contribution in [1.82, 2.24) is 15.1 Å². The number of hydrogen-bond acceptors (Lipinski definition) is 6. The molecule has 0 unspecified atom stereocenters. The molecule has 0 N–H and O–H groups in total. The number of anilines is 1. The predicted molar refractivity (Wildman–Crippen MR) is 85.4 cm³/mol. The Morgan fingerprint density at radius 1 is 0.957 bits per heavy atom. The minimum atomic E-state index is 0.522. The molecule has 6 nitrogen and oxygen atoms in total. The van der Waals surface area contributed by atoms with Crippen molar-refractivity contribution < 1.29 is 8.83 Å². The molecule has 0 atom stereocenters. The molecule has 0 radical (unpaired) electrons. The summed E-state index contributed by atoms with van der Waals surface area (Å²) in [7, 11) is 0. The van der Waals surface area contributed by atoms with Crippen LogP contribution >= 0.6 is 0 Å². The fourth-order valence-corrected chi connectivity index (χ4v) is 3.77. The van der Waals surface area contributed by atoms with E-state index in [-0.39, 0.29) is 0 Å². The molecule has 0 saturated carbocycles. The third-order valence-electron chi connectivity index (χ3n) is 5.09. The Balaban J connectivity index is 1.48. The summed E-state index contributed by atoms with van der Waals surface area (Å²) in [6.07, 6.45) is 5.76. The van der Waals surface area contributed by atoms with E-state index in [2.05, 4.69) is 20.0 Å². The molecule has 5 heterocycles. The van der Waals surface area contributed by atoms with E-state index in [1.54, 1.807) is 12.5 Å². The van der Waals surface area contributed by atoms with Gasteiger partial charge in [-0.2, -0.15) is 0 Å². The number of fused-ring (bicyclic) bond motifs is 5. The quantitative estimate of drug-likeness (QED) is 0.725. The van der Waals surface area contributed by atoms with Gasteiger partial charge in [0.1, 0.15) is 0 Å². The first-order chi connectivity index (χ1) is 11.4. The number of rotatable bonds is 2. The smallest absolute Gasteiger partial charge is 0.318 e. The monoisotopic (exact) mass is 310 g/mol. The van der Waals surface area contributed by atoms with Crippen LogP contribution in [0, 0.1) is 0 Å². The highest BCUT2D eigenvalue weighted by Gasteiger charge is 2.32. The largest absolute Gasteiger partial charge is 0.472 e. The van der Waals surface area contributed by atoms with Gasteiger partial charge in [0.25, 0.3) is 5.89 Å². The van der Waals surface area contributed by atoms with Crippen molar-refractivity contribution in [3.05, 3.63) is 30.7 Å². The SMILES string of the molecule is c1cc2ccc(-c3nnc(N4CCN5CCC4CC5)o3)c-2co1. The van der Waals surface area contributed by atoms with Crippen LogP contribution in [0.4, 0.5) is 6.01 Å². The Kier molecular flexibility index (Phi) is 2.91. The van der Waals surface area contributed by atoms with E-state index in [0.29, 0.717) is 17.9 Å². The van der Waals surface area contributed by atoms with Gasteiger partial charge in [0.2, 0.25) is 0 Å². The molecule has 118 valence electrons. The van der Waals surface area contributed by atoms with Gasteiger partial charge < -0.3 is 18.6 Å². The van der Waals surface area contributed by atoms with Gasteiger partial charge in [-0.05, 0) is 30.5 Å². The van der Waals surface area contributed by atoms with E-state index in [0.717, 1.165) is 29.8 Å². The molecule has 3 fully saturated rings. The molecule has 3 saturated heterocycles. The van der Waals surface area contributed by atoms with Gasteiger partial charge in [-0.25, -0.2) is 0 Å². The average Bonchev–Trinajstić information content (AvgIpc) is 3.13. The molecule has 1 aromatic rings. The van der Waals surface area contributed by atoms with E-state index in [4.69, 9.17) is 8.83 Å². The van der Waals surface area contributed by atoms with Crippen LogP contribution in [0.3, 0.4) is 0 Å². The highest BCUT2D eigenvalue weighted by molar-refractivity contribution is 5.82. The Labute approximate surface area is 134 Å². The van der Waals surface area contributed by atoms with Crippen molar-refractivity contribution in [2.45, 2.75) is 18.9 Å². The van der Waals surface area contributed by atoms with Gasteiger partial charge in [-0.3, -0.25) is 0 Å². The molecule has 4 aliphatic heterocycles. The van der Waals surface area contributed by atoms with Crippen LogP contribution in [-0.4, -0.2) is 47.3 Å². The van der Waals surface area contributed by atoms with Crippen molar-refractivity contribution >= 4 is 6.01 Å². The summed E-state index contributed by atoms with van der Waals surface area (Å²) in [5, 5.41) is 8.60. The van der Waals surface area contributed by atoms with Crippen molar-refractivity contribution in [2.75, 3.05) is 31.1 Å². The van der Waals surface area contributed by atoms with E-state index in [1.165, 1.54) is 25.9 Å². The second-order valence-electron chi connectivity index (χ2n) is 6.33. The summed E-state index contributed by atoms with van der Waals surface area (Å²) in [4.78, 5) is 4.80. The fourth-order valence-electron chi connectivity index (χ4n) is 3.77. The number of aromatic nitrogens is 2. The van der Waals surface area contributed by atoms with E-state index >= 15 is 0 Å². The Morgan fingerprint density at radius 2 is 1.87 bits per heavy atom. The highest BCUT2D eigenvalue weighted by atomic mass is 16.4. The molecule has 6 rings (SSSR count). The van der Waals surface area contributed by atoms with Crippen molar-refractivity contribution in [1.29, 1.82) is 0 Å². The van der Waals surface area contributed by atoms with Gasteiger partial charge in [-0.15, -0.1) is 5.10 Å². The van der Waals surface area contributed by atoms with Crippen molar-refractivity contribution in [2.24, 2.45) is 0 Å². The second kappa shape index (κ2) is 5.09. The first kappa shape index (κ1) is 13.1. The summed E-state index contributed by atoms with van der Waals surface area (Å²) in [6.45, 7) is 4.39. The van der Waals surface area contributed by atoms with Gasteiger partial charge in [0.05, 0.1) is 12.5 Å². The zero-order chi connectivity index (χ0) is 15.2. The predicted octanol–water partition coefficient (Wildman–Crippen LogP) is 2.72. The molecule has 0 amide bonds. The van der Waals surface area contributed by atoms with E-state index < -0.39 is 0 Å². The van der Waals surface area contributed by atoms with Crippen LogP contribution in [0.15, 0.2) is 39.6 Å². The molecule has 1 aliphatic carbocycles. The maximum absolute atomic E-state index is 6.03. The summed E-state index contributed by atoms with van der Waals surface area (Å²) in [5.41, 5.74) is 3.06. The summed E-state index contributed by atoms with van der Waals surface area (Å²) >= 11 is 0. The standard InChI is InChI=1S/C17H18N4O2/c1-2-14(15-11-22-10-5-12(1)15)16-18-19-17(23-16)21-9-8-20-6-3-13(21)4-7-20/h1-2,5,10-11,13H,3-4,6-9H2. The lowest BCUT2D eigenvalue weighted by molar-refractivity contribution is 0.249. The maximum Gasteiger partial charge on any atom is 0.318 e. The van der Waals surface area contributed by atoms with Crippen LogP contribution < -0.4 is 4.90 Å². The topological polar surface area (TPSA) is 58.5 Å².